The number of furan rings is 1. The van der Waals surface area contributed by atoms with E-state index in [0.29, 0.717) is 13.3 Å². The highest BCUT2D eigenvalue weighted by molar-refractivity contribution is 14.0. The molecule has 136 valence electrons. The third kappa shape index (κ3) is 5.84. The molecule has 1 aliphatic rings. The largest absolute Gasteiger partial charge is 0.469 e. The Balaban J connectivity index is 0.00000225. The van der Waals surface area contributed by atoms with Crippen molar-refractivity contribution in [2.75, 3.05) is 26.4 Å². The van der Waals surface area contributed by atoms with Crippen LogP contribution in [0.25, 0.3) is 0 Å². The van der Waals surface area contributed by atoms with Gasteiger partial charge in [0.25, 0.3) is 0 Å². The lowest BCUT2D eigenvalue weighted by Gasteiger charge is -2.11. The minimum absolute atomic E-state index is 0. The smallest absolute Gasteiger partial charge is 0.231 e. The van der Waals surface area contributed by atoms with E-state index in [1.807, 2.05) is 24.3 Å². The number of rotatable bonds is 7. The Labute approximate surface area is 165 Å². The number of hydrogen-bond acceptors (Lipinski definition) is 4. The van der Waals surface area contributed by atoms with Gasteiger partial charge >= 0.3 is 0 Å². The predicted molar refractivity (Wildman–Crippen MR) is 108 cm³/mol. The summed E-state index contributed by atoms with van der Waals surface area (Å²) in [6.45, 7) is 4.68. The zero-order chi connectivity index (χ0) is 16.6. The lowest BCUT2D eigenvalue weighted by molar-refractivity contribution is 0.174. The van der Waals surface area contributed by atoms with Crippen LogP contribution in [0.2, 0.25) is 0 Å². The van der Waals surface area contributed by atoms with Crippen molar-refractivity contribution in [3.05, 3.63) is 47.9 Å². The van der Waals surface area contributed by atoms with Gasteiger partial charge in [0.2, 0.25) is 6.79 Å². The molecule has 0 unspecified atom stereocenters. The van der Waals surface area contributed by atoms with E-state index in [1.54, 1.807) is 6.26 Å². The monoisotopic (exact) mass is 457 g/mol. The minimum Gasteiger partial charge on any atom is -0.469 e. The fraction of sp³-hybridized carbons (Fsp3) is 0.389. The van der Waals surface area contributed by atoms with Gasteiger partial charge in [-0.1, -0.05) is 6.07 Å². The molecule has 0 aliphatic carbocycles. The van der Waals surface area contributed by atoms with Gasteiger partial charge in [0.05, 0.1) is 6.26 Å². The lowest BCUT2D eigenvalue weighted by Crippen LogP contribution is -2.38. The highest BCUT2D eigenvalue weighted by atomic mass is 127. The number of aliphatic imine (C=N–C) groups is 1. The molecule has 1 aromatic heterocycles. The first-order valence-corrected chi connectivity index (χ1v) is 8.28. The summed E-state index contributed by atoms with van der Waals surface area (Å²) in [5.41, 5.74) is 1.21. The van der Waals surface area contributed by atoms with E-state index in [1.165, 1.54) is 5.56 Å². The van der Waals surface area contributed by atoms with Crippen LogP contribution in [0.3, 0.4) is 0 Å². The Morgan fingerprint density at radius 1 is 1.12 bits per heavy atom. The van der Waals surface area contributed by atoms with Gasteiger partial charge in [-0.15, -0.1) is 24.0 Å². The van der Waals surface area contributed by atoms with Crippen molar-refractivity contribution >= 4 is 29.9 Å². The van der Waals surface area contributed by atoms with Crippen molar-refractivity contribution in [1.29, 1.82) is 0 Å². The average Bonchev–Trinajstić information content (AvgIpc) is 3.25. The number of guanidine groups is 1. The van der Waals surface area contributed by atoms with E-state index in [9.17, 15) is 0 Å². The van der Waals surface area contributed by atoms with E-state index >= 15 is 0 Å². The van der Waals surface area contributed by atoms with E-state index in [4.69, 9.17) is 13.9 Å². The van der Waals surface area contributed by atoms with Gasteiger partial charge < -0.3 is 24.5 Å². The van der Waals surface area contributed by atoms with Gasteiger partial charge in [-0.2, -0.15) is 0 Å². The molecule has 2 N–H and O–H groups in total. The lowest BCUT2D eigenvalue weighted by atomic mass is 10.1. The summed E-state index contributed by atoms with van der Waals surface area (Å²) < 4.78 is 16.1. The van der Waals surface area contributed by atoms with Crippen molar-refractivity contribution in [3.8, 4) is 11.5 Å². The van der Waals surface area contributed by atoms with Gasteiger partial charge in [0.15, 0.2) is 17.5 Å². The molecule has 3 rings (SSSR count). The molecule has 7 heteroatoms. The Morgan fingerprint density at radius 3 is 2.80 bits per heavy atom. The van der Waals surface area contributed by atoms with E-state index in [-0.39, 0.29) is 24.0 Å². The van der Waals surface area contributed by atoms with Gasteiger partial charge in [-0.05, 0) is 43.2 Å². The molecule has 0 atom stereocenters. The molecule has 6 nitrogen and oxygen atoms in total. The van der Waals surface area contributed by atoms with Crippen molar-refractivity contribution in [2.24, 2.45) is 4.99 Å². The molecule has 25 heavy (non-hydrogen) atoms. The third-order valence-electron chi connectivity index (χ3n) is 3.70. The van der Waals surface area contributed by atoms with Crippen LogP contribution in [0.15, 0.2) is 46.0 Å². The predicted octanol–water partition coefficient (Wildman–Crippen LogP) is 2.97. The fourth-order valence-corrected chi connectivity index (χ4v) is 2.50. The highest BCUT2D eigenvalue weighted by Crippen LogP contribution is 2.32. The molecule has 0 saturated heterocycles. The normalized spacial score (nSPS) is 12.6. The Morgan fingerprint density at radius 2 is 2.00 bits per heavy atom. The number of halogens is 1. The number of nitrogens with one attached hydrogen (secondary N) is 2. The highest BCUT2D eigenvalue weighted by Gasteiger charge is 2.12. The number of ether oxygens (including phenoxy) is 2. The summed E-state index contributed by atoms with van der Waals surface area (Å²) in [4.78, 5) is 4.57. The second kappa shape index (κ2) is 10.2. The van der Waals surface area contributed by atoms with Crippen LogP contribution in [0, 0.1) is 0 Å². The van der Waals surface area contributed by atoms with Crippen LogP contribution in [-0.2, 0) is 12.8 Å². The maximum atomic E-state index is 5.41. The molecule has 1 aliphatic heterocycles. The number of benzene rings is 1. The van der Waals surface area contributed by atoms with Gasteiger partial charge in [-0.3, -0.25) is 4.99 Å². The molecule has 2 heterocycles. The molecule has 0 bridgehead atoms. The van der Waals surface area contributed by atoms with Crippen molar-refractivity contribution in [2.45, 2.75) is 19.8 Å². The van der Waals surface area contributed by atoms with Crippen LogP contribution in [0.5, 0.6) is 11.5 Å². The topological polar surface area (TPSA) is 68.0 Å². The van der Waals surface area contributed by atoms with E-state index < -0.39 is 0 Å². The summed E-state index contributed by atoms with van der Waals surface area (Å²) in [5.74, 6) is 3.42. The number of nitrogens with zero attached hydrogens (tertiary/aromatic N) is 1. The van der Waals surface area contributed by atoms with Gasteiger partial charge in [-0.25, -0.2) is 0 Å². The van der Waals surface area contributed by atoms with Gasteiger partial charge in [0, 0.05) is 26.1 Å². The van der Waals surface area contributed by atoms with E-state index in [0.717, 1.165) is 49.1 Å². The first-order valence-electron chi connectivity index (χ1n) is 8.28. The molecule has 0 fully saturated rings. The maximum Gasteiger partial charge on any atom is 0.231 e. The molecule has 2 aromatic rings. The zero-order valence-corrected chi connectivity index (χ0v) is 16.6. The second-order valence-corrected chi connectivity index (χ2v) is 5.45. The average molecular weight is 457 g/mol. The fourth-order valence-electron chi connectivity index (χ4n) is 2.50. The molecule has 0 saturated carbocycles. The molecule has 0 amide bonds. The van der Waals surface area contributed by atoms with E-state index in [2.05, 4.69) is 28.6 Å². The SMILES string of the molecule is CCNC(=NCCc1ccco1)NCCc1ccc2c(c1)OCO2.I. The first-order chi connectivity index (χ1) is 11.8. The Hall–Kier alpha value is -1.90. The Kier molecular flexibility index (Phi) is 7.90. The van der Waals surface area contributed by atoms with Gasteiger partial charge in [0.1, 0.15) is 5.76 Å². The molecule has 1 aromatic carbocycles. The summed E-state index contributed by atoms with van der Waals surface area (Å²) in [7, 11) is 0. The first kappa shape index (κ1) is 19.4. The third-order valence-corrected chi connectivity index (χ3v) is 3.70. The summed E-state index contributed by atoms with van der Waals surface area (Å²) >= 11 is 0. The summed E-state index contributed by atoms with van der Waals surface area (Å²) in [6.07, 6.45) is 3.37. The van der Waals surface area contributed by atoms with Crippen molar-refractivity contribution in [1.82, 2.24) is 10.6 Å². The molecule has 0 radical (unpaired) electrons. The Bertz CT molecular complexity index is 674. The molecule has 0 spiro atoms. The number of hydrogen-bond donors (Lipinski definition) is 2. The minimum atomic E-state index is 0. The van der Waals surface area contributed by atoms with Crippen LogP contribution >= 0.6 is 24.0 Å². The maximum absolute atomic E-state index is 5.41. The quantitative estimate of drug-likeness (QED) is 0.380. The number of fused-ring (bicyclic) bond motifs is 1. The van der Waals surface area contributed by atoms with Crippen LogP contribution in [0.4, 0.5) is 0 Å². The summed E-state index contributed by atoms with van der Waals surface area (Å²) in [6, 6.07) is 9.92. The second-order valence-electron chi connectivity index (χ2n) is 5.45. The van der Waals surface area contributed by atoms with Crippen LogP contribution in [-0.4, -0.2) is 32.4 Å². The van der Waals surface area contributed by atoms with Crippen LogP contribution in [0.1, 0.15) is 18.2 Å². The van der Waals surface area contributed by atoms with Crippen LogP contribution < -0.4 is 20.1 Å². The summed E-state index contributed by atoms with van der Waals surface area (Å²) in [5, 5.41) is 6.61. The van der Waals surface area contributed by atoms with Crippen molar-refractivity contribution < 1.29 is 13.9 Å². The standard InChI is InChI=1S/C18H23N3O3.HI/c1-2-19-18(21-10-8-15-4-3-11-22-15)20-9-7-14-5-6-16-17(12-14)24-13-23-16;/h3-6,11-12H,2,7-10,13H2,1H3,(H2,19,20,21);1H. The molecular formula is C18H24IN3O3. The zero-order valence-electron chi connectivity index (χ0n) is 14.3. The van der Waals surface area contributed by atoms with Crippen molar-refractivity contribution in [3.63, 3.8) is 0 Å². The molecular weight excluding hydrogens is 433 g/mol.